The van der Waals surface area contributed by atoms with E-state index in [1.807, 2.05) is 59.2 Å². The van der Waals surface area contributed by atoms with Gasteiger partial charge in [-0.2, -0.15) is 0 Å². The number of nitrogens with zero attached hydrogens (tertiary/aromatic N) is 3. The first-order valence-corrected chi connectivity index (χ1v) is 11.3. The SMILES string of the molecule is CCOC(=O)c1ccoc1CSc1nnc(COc2ccc(OC)cc2)n1-c1ccccc1. The summed E-state index contributed by atoms with van der Waals surface area (Å²) in [6, 6.07) is 18.8. The number of carbonyl (C=O) groups excluding carboxylic acids is 1. The standard InChI is InChI=1S/C24H23N3O5S/c1-3-30-23(28)20-13-14-31-21(20)16-33-24-26-25-22(27(24)17-7-5-4-6-8-17)15-32-19-11-9-18(29-2)10-12-19/h4-14H,3,15-16H2,1-2H3. The first kappa shape index (κ1) is 22.5. The number of methoxy groups -OCH3 is 1. The molecule has 4 rings (SSSR count). The zero-order valence-corrected chi connectivity index (χ0v) is 19.1. The number of hydrogen-bond donors (Lipinski definition) is 0. The zero-order chi connectivity index (χ0) is 23.0. The second-order valence-electron chi connectivity index (χ2n) is 6.80. The summed E-state index contributed by atoms with van der Waals surface area (Å²) >= 11 is 1.41. The lowest BCUT2D eigenvalue weighted by atomic mass is 10.3. The number of para-hydroxylation sites is 1. The average molecular weight is 466 g/mol. The molecule has 0 amide bonds. The predicted octanol–water partition coefficient (Wildman–Crippen LogP) is 4.92. The maximum absolute atomic E-state index is 12.1. The molecule has 33 heavy (non-hydrogen) atoms. The summed E-state index contributed by atoms with van der Waals surface area (Å²) in [7, 11) is 1.62. The molecule has 170 valence electrons. The Hall–Kier alpha value is -3.72. The first-order chi connectivity index (χ1) is 16.2. The fourth-order valence-corrected chi connectivity index (χ4v) is 4.04. The van der Waals surface area contributed by atoms with Crippen LogP contribution in [0.5, 0.6) is 11.5 Å². The van der Waals surface area contributed by atoms with Crippen molar-refractivity contribution in [2.75, 3.05) is 13.7 Å². The normalized spacial score (nSPS) is 10.7. The molecular weight excluding hydrogens is 442 g/mol. The van der Waals surface area contributed by atoms with Crippen molar-refractivity contribution < 1.29 is 23.4 Å². The van der Waals surface area contributed by atoms with Crippen LogP contribution in [-0.4, -0.2) is 34.5 Å². The minimum atomic E-state index is -0.403. The van der Waals surface area contributed by atoms with Gasteiger partial charge in [0, 0.05) is 5.69 Å². The van der Waals surface area contributed by atoms with Crippen LogP contribution in [0.3, 0.4) is 0 Å². The summed E-state index contributed by atoms with van der Waals surface area (Å²) in [5.41, 5.74) is 1.32. The molecule has 0 saturated heterocycles. The van der Waals surface area contributed by atoms with E-state index in [4.69, 9.17) is 18.6 Å². The molecule has 0 aliphatic heterocycles. The number of rotatable bonds is 10. The number of furan rings is 1. The average Bonchev–Trinajstić information content (AvgIpc) is 3.49. The van der Waals surface area contributed by atoms with Crippen molar-refractivity contribution in [1.29, 1.82) is 0 Å². The molecule has 0 aliphatic rings. The van der Waals surface area contributed by atoms with Crippen LogP contribution >= 0.6 is 11.8 Å². The predicted molar refractivity (Wildman–Crippen MR) is 123 cm³/mol. The molecule has 0 N–H and O–H groups in total. The topological polar surface area (TPSA) is 88.6 Å². The second-order valence-corrected chi connectivity index (χ2v) is 7.74. The third-order valence-corrected chi connectivity index (χ3v) is 5.64. The molecule has 2 aromatic carbocycles. The van der Waals surface area contributed by atoms with Gasteiger partial charge in [-0.05, 0) is 49.4 Å². The molecule has 0 bridgehead atoms. The van der Waals surface area contributed by atoms with Gasteiger partial charge < -0.3 is 18.6 Å². The smallest absolute Gasteiger partial charge is 0.341 e. The number of thioether (sulfide) groups is 1. The van der Waals surface area contributed by atoms with Crippen molar-refractivity contribution in [3.8, 4) is 17.2 Å². The van der Waals surface area contributed by atoms with Crippen LogP contribution < -0.4 is 9.47 Å². The lowest BCUT2D eigenvalue weighted by Gasteiger charge is -2.11. The lowest BCUT2D eigenvalue weighted by molar-refractivity contribution is 0.0524. The highest BCUT2D eigenvalue weighted by molar-refractivity contribution is 7.98. The third kappa shape index (κ3) is 5.38. The summed E-state index contributed by atoms with van der Waals surface area (Å²) in [5.74, 6) is 2.61. The third-order valence-electron chi connectivity index (χ3n) is 4.72. The molecule has 0 unspecified atom stereocenters. The monoisotopic (exact) mass is 465 g/mol. The fraction of sp³-hybridized carbons (Fsp3) is 0.208. The van der Waals surface area contributed by atoms with Crippen molar-refractivity contribution in [3.05, 3.63) is 84.1 Å². The number of esters is 1. The molecule has 0 aliphatic carbocycles. The van der Waals surface area contributed by atoms with Crippen LogP contribution in [0.1, 0.15) is 28.9 Å². The summed E-state index contributed by atoms with van der Waals surface area (Å²) in [4.78, 5) is 12.1. The Balaban J connectivity index is 1.54. The molecular formula is C24H23N3O5S. The summed E-state index contributed by atoms with van der Waals surface area (Å²) in [6.45, 7) is 2.30. The number of hydrogen-bond acceptors (Lipinski definition) is 8. The quantitative estimate of drug-likeness (QED) is 0.241. The number of benzene rings is 2. The minimum Gasteiger partial charge on any atom is -0.497 e. The highest BCUT2D eigenvalue weighted by atomic mass is 32.2. The molecule has 9 heteroatoms. The van der Waals surface area contributed by atoms with Crippen LogP contribution in [0.2, 0.25) is 0 Å². The van der Waals surface area contributed by atoms with Crippen LogP contribution in [0.25, 0.3) is 5.69 Å². The number of ether oxygens (including phenoxy) is 3. The molecule has 0 atom stereocenters. The Morgan fingerprint density at radius 3 is 2.52 bits per heavy atom. The van der Waals surface area contributed by atoms with E-state index < -0.39 is 5.97 Å². The van der Waals surface area contributed by atoms with Crippen molar-refractivity contribution in [3.63, 3.8) is 0 Å². The van der Waals surface area contributed by atoms with Crippen LogP contribution in [-0.2, 0) is 17.1 Å². The van der Waals surface area contributed by atoms with Gasteiger partial charge in [0.2, 0.25) is 0 Å². The Bertz CT molecular complexity index is 1190. The number of aromatic nitrogens is 3. The van der Waals surface area contributed by atoms with Gasteiger partial charge in [0.1, 0.15) is 29.4 Å². The first-order valence-electron chi connectivity index (χ1n) is 10.3. The van der Waals surface area contributed by atoms with E-state index in [1.165, 1.54) is 18.0 Å². The maximum atomic E-state index is 12.1. The Morgan fingerprint density at radius 2 is 1.79 bits per heavy atom. The van der Waals surface area contributed by atoms with Gasteiger partial charge in [0.15, 0.2) is 11.0 Å². The minimum absolute atomic E-state index is 0.226. The fourth-order valence-electron chi connectivity index (χ4n) is 3.12. The molecule has 0 radical (unpaired) electrons. The molecule has 2 aromatic heterocycles. The van der Waals surface area contributed by atoms with E-state index in [0.29, 0.717) is 40.4 Å². The maximum Gasteiger partial charge on any atom is 0.341 e. The van der Waals surface area contributed by atoms with Gasteiger partial charge >= 0.3 is 5.97 Å². The Labute approximate surface area is 195 Å². The highest BCUT2D eigenvalue weighted by Gasteiger charge is 2.19. The number of carbonyl (C=O) groups is 1. The molecule has 4 aromatic rings. The molecule has 0 spiro atoms. The Kier molecular flexibility index (Phi) is 7.31. The van der Waals surface area contributed by atoms with Gasteiger partial charge in [-0.25, -0.2) is 4.79 Å². The summed E-state index contributed by atoms with van der Waals surface area (Å²) in [5, 5.41) is 9.36. The highest BCUT2D eigenvalue weighted by Crippen LogP contribution is 2.28. The second kappa shape index (κ2) is 10.7. The van der Waals surface area contributed by atoms with Gasteiger partial charge in [-0.15, -0.1) is 10.2 Å². The van der Waals surface area contributed by atoms with E-state index in [0.717, 1.165) is 11.4 Å². The molecule has 0 saturated carbocycles. The lowest BCUT2D eigenvalue weighted by Crippen LogP contribution is -2.07. The molecule has 8 nitrogen and oxygen atoms in total. The van der Waals surface area contributed by atoms with Gasteiger partial charge in [-0.1, -0.05) is 30.0 Å². The van der Waals surface area contributed by atoms with Gasteiger partial charge in [0.05, 0.1) is 25.7 Å². The van der Waals surface area contributed by atoms with Crippen LogP contribution in [0.15, 0.2) is 76.5 Å². The van der Waals surface area contributed by atoms with Crippen molar-refractivity contribution >= 4 is 17.7 Å². The Morgan fingerprint density at radius 1 is 1.03 bits per heavy atom. The molecule has 0 fully saturated rings. The largest absolute Gasteiger partial charge is 0.497 e. The van der Waals surface area contributed by atoms with Crippen LogP contribution in [0.4, 0.5) is 0 Å². The summed E-state index contributed by atoms with van der Waals surface area (Å²) < 4.78 is 23.7. The van der Waals surface area contributed by atoms with Crippen LogP contribution in [0, 0.1) is 0 Å². The van der Waals surface area contributed by atoms with Gasteiger partial charge in [0.25, 0.3) is 0 Å². The van der Waals surface area contributed by atoms with E-state index in [1.54, 1.807) is 20.1 Å². The van der Waals surface area contributed by atoms with Crippen molar-refractivity contribution in [2.45, 2.75) is 24.4 Å². The summed E-state index contributed by atoms with van der Waals surface area (Å²) in [6.07, 6.45) is 1.48. The van der Waals surface area contributed by atoms with Crippen molar-refractivity contribution in [1.82, 2.24) is 14.8 Å². The van der Waals surface area contributed by atoms with E-state index in [9.17, 15) is 4.79 Å². The zero-order valence-electron chi connectivity index (χ0n) is 18.3. The van der Waals surface area contributed by atoms with Crippen molar-refractivity contribution in [2.24, 2.45) is 0 Å². The van der Waals surface area contributed by atoms with E-state index >= 15 is 0 Å². The van der Waals surface area contributed by atoms with E-state index in [2.05, 4.69) is 10.2 Å². The van der Waals surface area contributed by atoms with Gasteiger partial charge in [-0.3, -0.25) is 4.57 Å². The molecule has 2 heterocycles. The van der Waals surface area contributed by atoms with E-state index in [-0.39, 0.29) is 6.61 Å².